The van der Waals surface area contributed by atoms with Crippen molar-refractivity contribution in [1.29, 1.82) is 0 Å². The van der Waals surface area contributed by atoms with Crippen LogP contribution in [0.2, 0.25) is 0 Å². The third-order valence-electron chi connectivity index (χ3n) is 4.51. The Morgan fingerprint density at radius 2 is 1.84 bits per heavy atom. The molecule has 1 saturated carbocycles. The Kier molecular flexibility index (Phi) is 4.66. The number of likely N-dealkylation sites (tertiary alicyclic amines) is 1. The van der Waals surface area contributed by atoms with E-state index < -0.39 is 12.0 Å². The predicted molar refractivity (Wildman–Crippen MR) is 71.9 cm³/mol. The Morgan fingerprint density at radius 3 is 2.47 bits per heavy atom. The molecule has 1 aliphatic carbocycles. The van der Waals surface area contributed by atoms with Crippen LogP contribution in [0.25, 0.3) is 0 Å². The fourth-order valence-corrected chi connectivity index (χ4v) is 3.30. The van der Waals surface area contributed by atoms with Gasteiger partial charge < -0.3 is 15.3 Å². The number of urea groups is 1. The summed E-state index contributed by atoms with van der Waals surface area (Å²) >= 11 is 0. The molecular weight excluding hydrogens is 244 g/mol. The van der Waals surface area contributed by atoms with E-state index in [0.29, 0.717) is 18.9 Å². The number of carboxylic acids is 1. The number of carboxylic acid groups (broad SMARTS) is 1. The van der Waals surface area contributed by atoms with Crippen molar-refractivity contribution in [3.8, 4) is 0 Å². The standard InChI is InChI=1S/C14H24N2O3/c1-10(11-6-3-2-4-7-11)15-14(19)16-9-5-8-12(16)13(17)18/h10-12H,2-9H2,1H3,(H,15,19)(H,17,18). The van der Waals surface area contributed by atoms with Crippen molar-refractivity contribution in [1.82, 2.24) is 10.2 Å². The van der Waals surface area contributed by atoms with Crippen LogP contribution in [0.15, 0.2) is 0 Å². The molecule has 19 heavy (non-hydrogen) atoms. The van der Waals surface area contributed by atoms with Crippen LogP contribution in [0.1, 0.15) is 51.9 Å². The van der Waals surface area contributed by atoms with E-state index in [1.807, 2.05) is 6.92 Å². The van der Waals surface area contributed by atoms with Gasteiger partial charge in [0.15, 0.2) is 0 Å². The van der Waals surface area contributed by atoms with Crippen molar-refractivity contribution in [2.45, 2.75) is 64.0 Å². The summed E-state index contributed by atoms with van der Waals surface area (Å²) in [6.45, 7) is 2.60. The minimum absolute atomic E-state index is 0.142. The van der Waals surface area contributed by atoms with Gasteiger partial charge in [0.1, 0.15) is 6.04 Å². The van der Waals surface area contributed by atoms with Gasteiger partial charge in [0.05, 0.1) is 0 Å². The Bertz CT molecular complexity index is 340. The Labute approximate surface area is 114 Å². The summed E-state index contributed by atoms with van der Waals surface area (Å²) in [6, 6.07) is -0.704. The van der Waals surface area contributed by atoms with E-state index >= 15 is 0 Å². The Balaban J connectivity index is 1.87. The zero-order valence-electron chi connectivity index (χ0n) is 11.6. The molecular formula is C14H24N2O3. The first-order valence-corrected chi connectivity index (χ1v) is 7.39. The molecule has 0 aromatic carbocycles. The molecule has 108 valence electrons. The zero-order valence-corrected chi connectivity index (χ0v) is 11.6. The van der Waals surface area contributed by atoms with Crippen LogP contribution in [0.3, 0.4) is 0 Å². The highest BCUT2D eigenvalue weighted by molar-refractivity contribution is 5.83. The van der Waals surface area contributed by atoms with E-state index in [4.69, 9.17) is 5.11 Å². The van der Waals surface area contributed by atoms with Crippen LogP contribution < -0.4 is 5.32 Å². The van der Waals surface area contributed by atoms with E-state index in [0.717, 1.165) is 6.42 Å². The van der Waals surface area contributed by atoms with Crippen molar-refractivity contribution in [3.05, 3.63) is 0 Å². The first-order chi connectivity index (χ1) is 9.09. The zero-order chi connectivity index (χ0) is 13.8. The lowest BCUT2D eigenvalue weighted by Gasteiger charge is -2.30. The molecule has 2 fully saturated rings. The highest BCUT2D eigenvalue weighted by atomic mass is 16.4. The van der Waals surface area contributed by atoms with Gasteiger partial charge in [-0.2, -0.15) is 0 Å². The molecule has 5 nitrogen and oxygen atoms in total. The number of hydrogen-bond acceptors (Lipinski definition) is 2. The van der Waals surface area contributed by atoms with Crippen molar-refractivity contribution in [2.75, 3.05) is 6.54 Å². The topological polar surface area (TPSA) is 69.6 Å². The summed E-state index contributed by atoms with van der Waals surface area (Å²) in [6.07, 6.45) is 7.47. The molecule has 2 atom stereocenters. The second kappa shape index (κ2) is 6.26. The van der Waals surface area contributed by atoms with Crippen LogP contribution >= 0.6 is 0 Å². The van der Waals surface area contributed by atoms with Crippen LogP contribution in [-0.2, 0) is 4.79 Å². The average molecular weight is 268 g/mol. The second-order valence-corrected chi connectivity index (χ2v) is 5.83. The molecule has 5 heteroatoms. The summed E-state index contributed by atoms with van der Waals surface area (Å²) in [5.74, 6) is -0.346. The van der Waals surface area contributed by atoms with Crippen LogP contribution in [0.4, 0.5) is 4.79 Å². The quantitative estimate of drug-likeness (QED) is 0.824. The Hall–Kier alpha value is -1.26. The maximum absolute atomic E-state index is 12.2. The van der Waals surface area contributed by atoms with Gasteiger partial charge in [-0.15, -0.1) is 0 Å². The summed E-state index contributed by atoms with van der Waals surface area (Å²) in [7, 11) is 0. The molecule has 0 bridgehead atoms. The van der Waals surface area contributed by atoms with Crippen molar-refractivity contribution >= 4 is 12.0 Å². The highest BCUT2D eigenvalue weighted by Crippen LogP contribution is 2.26. The fourth-order valence-electron chi connectivity index (χ4n) is 3.30. The summed E-state index contributed by atoms with van der Waals surface area (Å²) in [4.78, 5) is 24.7. The lowest BCUT2D eigenvalue weighted by atomic mass is 9.84. The van der Waals surface area contributed by atoms with Gasteiger partial charge >= 0.3 is 12.0 Å². The van der Waals surface area contributed by atoms with Gasteiger partial charge in [-0.25, -0.2) is 9.59 Å². The van der Waals surface area contributed by atoms with Crippen molar-refractivity contribution in [2.24, 2.45) is 5.92 Å². The molecule has 1 aliphatic heterocycles. The molecule has 2 rings (SSSR count). The first kappa shape index (κ1) is 14.2. The van der Waals surface area contributed by atoms with Crippen molar-refractivity contribution < 1.29 is 14.7 Å². The second-order valence-electron chi connectivity index (χ2n) is 5.83. The van der Waals surface area contributed by atoms with E-state index in [2.05, 4.69) is 5.32 Å². The summed E-state index contributed by atoms with van der Waals surface area (Å²) in [5.41, 5.74) is 0. The van der Waals surface area contributed by atoms with E-state index in [9.17, 15) is 9.59 Å². The largest absolute Gasteiger partial charge is 0.480 e. The maximum Gasteiger partial charge on any atom is 0.326 e. The van der Waals surface area contributed by atoms with Gasteiger partial charge in [-0.3, -0.25) is 0 Å². The van der Waals surface area contributed by atoms with Crippen LogP contribution in [0.5, 0.6) is 0 Å². The summed E-state index contributed by atoms with van der Waals surface area (Å²) < 4.78 is 0. The molecule has 2 amide bonds. The SMILES string of the molecule is CC(NC(=O)N1CCCC1C(=O)O)C1CCCCC1. The Morgan fingerprint density at radius 1 is 1.16 bits per heavy atom. The number of nitrogens with one attached hydrogen (secondary N) is 1. The van der Waals surface area contributed by atoms with Gasteiger partial charge in [0.25, 0.3) is 0 Å². The fraction of sp³-hybridized carbons (Fsp3) is 0.857. The monoisotopic (exact) mass is 268 g/mol. The molecule has 2 unspecified atom stereocenters. The lowest BCUT2D eigenvalue weighted by Crippen LogP contribution is -2.50. The molecule has 0 radical (unpaired) electrons. The molecule has 2 N–H and O–H groups in total. The average Bonchev–Trinajstić information content (AvgIpc) is 2.89. The lowest BCUT2D eigenvalue weighted by molar-refractivity contribution is -0.141. The molecule has 1 saturated heterocycles. The first-order valence-electron chi connectivity index (χ1n) is 7.39. The van der Waals surface area contributed by atoms with E-state index in [-0.39, 0.29) is 12.1 Å². The number of carbonyl (C=O) groups is 2. The molecule has 1 heterocycles. The number of hydrogen-bond donors (Lipinski definition) is 2. The minimum atomic E-state index is -0.891. The predicted octanol–water partition coefficient (Wildman–Crippen LogP) is 2.21. The van der Waals surface area contributed by atoms with Crippen molar-refractivity contribution in [3.63, 3.8) is 0 Å². The third-order valence-corrected chi connectivity index (χ3v) is 4.51. The normalized spacial score (nSPS) is 26.2. The minimum Gasteiger partial charge on any atom is -0.480 e. The summed E-state index contributed by atoms with van der Waals surface area (Å²) in [5, 5.41) is 12.1. The smallest absolute Gasteiger partial charge is 0.326 e. The molecule has 2 aliphatic rings. The van der Waals surface area contributed by atoms with Gasteiger partial charge in [-0.05, 0) is 38.5 Å². The van der Waals surface area contributed by atoms with Gasteiger partial charge in [-0.1, -0.05) is 19.3 Å². The third kappa shape index (κ3) is 3.39. The number of aliphatic carboxylic acids is 1. The number of carbonyl (C=O) groups excluding carboxylic acids is 1. The van der Waals surface area contributed by atoms with E-state index in [1.54, 1.807) is 0 Å². The van der Waals surface area contributed by atoms with Crippen LogP contribution in [0, 0.1) is 5.92 Å². The number of amides is 2. The van der Waals surface area contributed by atoms with Crippen LogP contribution in [-0.4, -0.2) is 40.6 Å². The highest BCUT2D eigenvalue weighted by Gasteiger charge is 2.35. The molecule has 0 aromatic heterocycles. The number of rotatable bonds is 3. The molecule has 0 aromatic rings. The van der Waals surface area contributed by atoms with Gasteiger partial charge in [0, 0.05) is 12.6 Å². The van der Waals surface area contributed by atoms with E-state index in [1.165, 1.54) is 37.0 Å². The van der Waals surface area contributed by atoms with Gasteiger partial charge in [0.2, 0.25) is 0 Å². The number of nitrogens with zero attached hydrogens (tertiary/aromatic N) is 1. The molecule has 0 spiro atoms. The maximum atomic E-state index is 12.2.